The monoisotopic (exact) mass is 205 g/mol. The van der Waals surface area contributed by atoms with E-state index in [9.17, 15) is 0 Å². The van der Waals surface area contributed by atoms with Gasteiger partial charge >= 0.3 is 0 Å². The van der Waals surface area contributed by atoms with E-state index in [1.807, 2.05) is 12.1 Å². The normalized spacial score (nSPS) is 17.5. The van der Waals surface area contributed by atoms with Gasteiger partial charge in [-0.05, 0) is 49.3 Å². The third kappa shape index (κ3) is 2.96. The fourth-order valence-electron chi connectivity index (χ4n) is 1.92. The van der Waals surface area contributed by atoms with E-state index in [-0.39, 0.29) is 0 Å². The van der Waals surface area contributed by atoms with E-state index < -0.39 is 0 Å². The second-order valence-corrected chi connectivity index (χ2v) is 4.39. The zero-order valence-electron chi connectivity index (χ0n) is 9.28. The van der Waals surface area contributed by atoms with Crippen LogP contribution in [0.15, 0.2) is 24.3 Å². The van der Waals surface area contributed by atoms with Gasteiger partial charge in [0.05, 0.1) is 7.11 Å². The Balaban J connectivity index is 1.86. The Bertz CT molecular complexity index is 320. The summed E-state index contributed by atoms with van der Waals surface area (Å²) >= 11 is 0. The highest BCUT2D eigenvalue weighted by atomic mass is 16.5. The van der Waals surface area contributed by atoms with Crippen molar-refractivity contribution in [1.29, 1.82) is 0 Å². The van der Waals surface area contributed by atoms with E-state index in [1.54, 1.807) is 7.11 Å². The Morgan fingerprint density at radius 2 is 2.27 bits per heavy atom. The lowest BCUT2D eigenvalue weighted by molar-refractivity contribution is 0.414. The molecule has 2 rings (SSSR count). The van der Waals surface area contributed by atoms with Gasteiger partial charge in [0.2, 0.25) is 0 Å². The molecule has 2 nitrogen and oxygen atoms in total. The summed E-state index contributed by atoms with van der Waals surface area (Å²) in [5, 5.41) is 0. The summed E-state index contributed by atoms with van der Waals surface area (Å²) in [6, 6.07) is 8.65. The molecule has 1 aromatic carbocycles. The van der Waals surface area contributed by atoms with E-state index >= 15 is 0 Å². The fourth-order valence-corrected chi connectivity index (χ4v) is 1.92. The second-order valence-electron chi connectivity index (χ2n) is 4.39. The molecular formula is C13H19NO. The summed E-state index contributed by atoms with van der Waals surface area (Å²) in [6.07, 6.45) is 4.82. The first-order valence-electron chi connectivity index (χ1n) is 5.68. The van der Waals surface area contributed by atoms with E-state index in [4.69, 9.17) is 10.5 Å². The largest absolute Gasteiger partial charge is 0.497 e. The van der Waals surface area contributed by atoms with E-state index in [1.165, 1.54) is 18.4 Å². The fraction of sp³-hybridized carbons (Fsp3) is 0.538. The predicted molar refractivity (Wildman–Crippen MR) is 62.0 cm³/mol. The van der Waals surface area contributed by atoms with Crippen molar-refractivity contribution in [3.8, 4) is 5.75 Å². The van der Waals surface area contributed by atoms with Crippen molar-refractivity contribution in [1.82, 2.24) is 0 Å². The molecule has 1 aromatic rings. The quantitative estimate of drug-likeness (QED) is 0.801. The summed E-state index contributed by atoms with van der Waals surface area (Å²) < 4.78 is 5.19. The average molecular weight is 205 g/mol. The van der Waals surface area contributed by atoms with Crippen molar-refractivity contribution in [2.24, 2.45) is 11.7 Å². The third-order valence-electron chi connectivity index (χ3n) is 3.13. The standard InChI is InChI=1S/C13H19NO/c1-15-12-4-2-3-10(9-12)5-8-13(14)11-6-7-11/h2-4,9,11,13H,5-8,14H2,1H3. The van der Waals surface area contributed by atoms with Crippen LogP contribution in [0, 0.1) is 5.92 Å². The number of nitrogens with two attached hydrogens (primary N) is 1. The number of ether oxygens (including phenoxy) is 1. The highest BCUT2D eigenvalue weighted by molar-refractivity contribution is 5.28. The van der Waals surface area contributed by atoms with Crippen LogP contribution >= 0.6 is 0 Å². The number of rotatable bonds is 5. The number of methoxy groups -OCH3 is 1. The van der Waals surface area contributed by atoms with E-state index in [0.29, 0.717) is 6.04 Å². The maximum absolute atomic E-state index is 6.07. The lowest BCUT2D eigenvalue weighted by Crippen LogP contribution is -2.22. The van der Waals surface area contributed by atoms with Crippen LogP contribution in [-0.4, -0.2) is 13.2 Å². The highest BCUT2D eigenvalue weighted by Crippen LogP contribution is 2.33. The minimum Gasteiger partial charge on any atom is -0.497 e. The van der Waals surface area contributed by atoms with Gasteiger partial charge in [0.1, 0.15) is 5.75 Å². The molecule has 0 heterocycles. The molecule has 82 valence electrons. The molecule has 1 unspecified atom stereocenters. The number of aryl methyl sites for hydroxylation is 1. The van der Waals surface area contributed by atoms with Gasteiger partial charge < -0.3 is 10.5 Å². The van der Waals surface area contributed by atoms with E-state index in [0.717, 1.165) is 24.5 Å². The summed E-state index contributed by atoms with van der Waals surface area (Å²) in [7, 11) is 1.70. The Morgan fingerprint density at radius 1 is 1.47 bits per heavy atom. The van der Waals surface area contributed by atoms with Crippen LogP contribution in [0.25, 0.3) is 0 Å². The molecule has 1 aliphatic rings. The van der Waals surface area contributed by atoms with Crippen LogP contribution in [0.2, 0.25) is 0 Å². The van der Waals surface area contributed by atoms with Gasteiger partial charge in [-0.1, -0.05) is 12.1 Å². The van der Waals surface area contributed by atoms with Gasteiger partial charge in [0.25, 0.3) is 0 Å². The molecule has 0 aromatic heterocycles. The van der Waals surface area contributed by atoms with Crippen LogP contribution < -0.4 is 10.5 Å². The second kappa shape index (κ2) is 4.67. The number of benzene rings is 1. The van der Waals surface area contributed by atoms with Crippen molar-refractivity contribution >= 4 is 0 Å². The summed E-state index contributed by atoms with van der Waals surface area (Å²) in [6.45, 7) is 0. The van der Waals surface area contributed by atoms with Crippen LogP contribution in [-0.2, 0) is 6.42 Å². The number of hydrogen-bond donors (Lipinski definition) is 1. The molecule has 1 atom stereocenters. The predicted octanol–water partition coefficient (Wildman–Crippen LogP) is 2.37. The molecule has 2 N–H and O–H groups in total. The molecule has 1 fully saturated rings. The Hall–Kier alpha value is -1.02. The van der Waals surface area contributed by atoms with Gasteiger partial charge in [-0.3, -0.25) is 0 Å². The third-order valence-corrected chi connectivity index (χ3v) is 3.13. The van der Waals surface area contributed by atoms with Gasteiger partial charge in [-0.25, -0.2) is 0 Å². The lowest BCUT2D eigenvalue weighted by Gasteiger charge is -2.10. The topological polar surface area (TPSA) is 35.2 Å². The Kier molecular flexibility index (Phi) is 3.27. The van der Waals surface area contributed by atoms with Crippen molar-refractivity contribution in [2.75, 3.05) is 7.11 Å². The summed E-state index contributed by atoms with van der Waals surface area (Å²) in [5.41, 5.74) is 7.39. The van der Waals surface area contributed by atoms with Crippen LogP contribution in [0.1, 0.15) is 24.8 Å². The highest BCUT2D eigenvalue weighted by Gasteiger charge is 2.27. The van der Waals surface area contributed by atoms with Crippen molar-refractivity contribution in [3.05, 3.63) is 29.8 Å². The minimum absolute atomic E-state index is 0.399. The molecule has 0 amide bonds. The first kappa shape index (κ1) is 10.5. The maximum atomic E-state index is 6.07. The first-order valence-corrected chi connectivity index (χ1v) is 5.68. The molecule has 1 aliphatic carbocycles. The lowest BCUT2D eigenvalue weighted by atomic mass is 10.0. The molecule has 2 heteroatoms. The number of hydrogen-bond acceptors (Lipinski definition) is 2. The molecular weight excluding hydrogens is 186 g/mol. The average Bonchev–Trinajstić information content (AvgIpc) is 3.10. The van der Waals surface area contributed by atoms with Crippen LogP contribution in [0.4, 0.5) is 0 Å². The first-order chi connectivity index (χ1) is 7.29. The molecule has 0 aliphatic heterocycles. The SMILES string of the molecule is COc1cccc(CCC(N)C2CC2)c1. The Morgan fingerprint density at radius 3 is 2.93 bits per heavy atom. The van der Waals surface area contributed by atoms with E-state index in [2.05, 4.69) is 12.1 Å². The molecule has 15 heavy (non-hydrogen) atoms. The molecule has 0 saturated heterocycles. The van der Waals surface area contributed by atoms with Crippen LogP contribution in [0.3, 0.4) is 0 Å². The zero-order chi connectivity index (χ0) is 10.7. The van der Waals surface area contributed by atoms with Gasteiger partial charge in [-0.15, -0.1) is 0 Å². The summed E-state index contributed by atoms with van der Waals surface area (Å²) in [4.78, 5) is 0. The van der Waals surface area contributed by atoms with Gasteiger partial charge in [0.15, 0.2) is 0 Å². The van der Waals surface area contributed by atoms with Gasteiger partial charge in [-0.2, -0.15) is 0 Å². The van der Waals surface area contributed by atoms with Crippen molar-refractivity contribution < 1.29 is 4.74 Å². The van der Waals surface area contributed by atoms with Crippen LogP contribution in [0.5, 0.6) is 5.75 Å². The smallest absolute Gasteiger partial charge is 0.119 e. The minimum atomic E-state index is 0.399. The van der Waals surface area contributed by atoms with Crippen molar-refractivity contribution in [2.45, 2.75) is 31.7 Å². The van der Waals surface area contributed by atoms with Crippen molar-refractivity contribution in [3.63, 3.8) is 0 Å². The molecule has 1 saturated carbocycles. The van der Waals surface area contributed by atoms with Gasteiger partial charge in [0, 0.05) is 6.04 Å². The maximum Gasteiger partial charge on any atom is 0.119 e. The molecule has 0 bridgehead atoms. The zero-order valence-corrected chi connectivity index (χ0v) is 9.28. The molecule has 0 spiro atoms. The Labute approximate surface area is 91.4 Å². The molecule has 0 radical (unpaired) electrons. The summed E-state index contributed by atoms with van der Waals surface area (Å²) in [5.74, 6) is 1.74.